The molecule has 1 saturated heterocycles. The molecular formula is C19H32N2. The minimum atomic E-state index is 0.641. The van der Waals surface area contributed by atoms with E-state index in [9.17, 15) is 0 Å². The van der Waals surface area contributed by atoms with Gasteiger partial charge in [0.05, 0.1) is 0 Å². The van der Waals surface area contributed by atoms with Crippen LogP contribution in [-0.2, 0) is 6.42 Å². The van der Waals surface area contributed by atoms with E-state index in [2.05, 4.69) is 61.3 Å². The van der Waals surface area contributed by atoms with Crippen molar-refractivity contribution in [1.82, 2.24) is 10.2 Å². The Kier molecular flexibility index (Phi) is 6.72. The number of hydrogen-bond acceptors (Lipinski definition) is 2. The highest BCUT2D eigenvalue weighted by Gasteiger charge is 2.25. The first-order valence-electron chi connectivity index (χ1n) is 8.66. The Balaban J connectivity index is 1.73. The zero-order chi connectivity index (χ0) is 15.1. The van der Waals surface area contributed by atoms with Gasteiger partial charge in [0.2, 0.25) is 0 Å². The Morgan fingerprint density at radius 2 is 1.95 bits per heavy atom. The van der Waals surface area contributed by atoms with Gasteiger partial charge in [-0.3, -0.25) is 4.90 Å². The number of piperazine rings is 1. The fraction of sp³-hybridized carbons (Fsp3) is 0.684. The van der Waals surface area contributed by atoms with Crippen LogP contribution in [-0.4, -0.2) is 36.6 Å². The van der Waals surface area contributed by atoms with Crippen LogP contribution >= 0.6 is 0 Å². The molecule has 1 aromatic rings. The van der Waals surface area contributed by atoms with Crippen molar-refractivity contribution in [3.63, 3.8) is 0 Å². The Labute approximate surface area is 130 Å². The minimum absolute atomic E-state index is 0.641. The molecule has 0 bridgehead atoms. The SMILES string of the molecule is CC(C)CC1CNC(C)CN1CCCCc1ccccc1. The summed E-state index contributed by atoms with van der Waals surface area (Å²) in [5.41, 5.74) is 1.48. The first-order valence-corrected chi connectivity index (χ1v) is 8.66. The number of unbranched alkanes of at least 4 members (excludes halogenated alkanes) is 1. The lowest BCUT2D eigenvalue weighted by atomic mass is 9.98. The molecule has 1 aromatic carbocycles. The summed E-state index contributed by atoms with van der Waals surface area (Å²) in [6.07, 6.45) is 5.16. The van der Waals surface area contributed by atoms with Crippen molar-refractivity contribution in [2.75, 3.05) is 19.6 Å². The summed E-state index contributed by atoms with van der Waals surface area (Å²) in [4.78, 5) is 2.73. The molecule has 0 saturated carbocycles. The molecule has 0 spiro atoms. The van der Waals surface area contributed by atoms with E-state index in [1.165, 1.54) is 44.3 Å². The van der Waals surface area contributed by atoms with Gasteiger partial charge in [-0.05, 0) is 50.6 Å². The molecule has 1 fully saturated rings. The van der Waals surface area contributed by atoms with E-state index < -0.39 is 0 Å². The minimum Gasteiger partial charge on any atom is -0.311 e. The van der Waals surface area contributed by atoms with Gasteiger partial charge >= 0.3 is 0 Å². The Morgan fingerprint density at radius 3 is 2.67 bits per heavy atom. The van der Waals surface area contributed by atoms with Crippen molar-refractivity contribution in [1.29, 1.82) is 0 Å². The van der Waals surface area contributed by atoms with Gasteiger partial charge in [0.15, 0.2) is 0 Å². The van der Waals surface area contributed by atoms with Crippen LogP contribution in [0.2, 0.25) is 0 Å². The standard InChI is InChI=1S/C19H32N2/c1-16(2)13-19-14-20-17(3)15-21(19)12-8-7-11-18-9-5-4-6-10-18/h4-6,9-10,16-17,19-20H,7-8,11-15H2,1-3H3. The molecule has 2 rings (SSSR count). The molecule has 2 unspecified atom stereocenters. The normalized spacial score (nSPS) is 23.6. The van der Waals surface area contributed by atoms with Crippen molar-refractivity contribution < 1.29 is 0 Å². The molecule has 2 nitrogen and oxygen atoms in total. The second kappa shape index (κ2) is 8.55. The number of nitrogens with one attached hydrogen (secondary N) is 1. The summed E-state index contributed by atoms with van der Waals surface area (Å²) in [6.45, 7) is 10.6. The topological polar surface area (TPSA) is 15.3 Å². The van der Waals surface area contributed by atoms with Crippen molar-refractivity contribution in [2.45, 2.75) is 58.5 Å². The summed E-state index contributed by atoms with van der Waals surface area (Å²) in [7, 11) is 0. The van der Waals surface area contributed by atoms with E-state index in [0.29, 0.717) is 6.04 Å². The van der Waals surface area contributed by atoms with Gasteiger partial charge in [-0.15, -0.1) is 0 Å². The summed E-state index contributed by atoms with van der Waals surface area (Å²) < 4.78 is 0. The molecular weight excluding hydrogens is 256 g/mol. The molecule has 0 aliphatic carbocycles. The second-order valence-electron chi connectivity index (χ2n) is 7.03. The van der Waals surface area contributed by atoms with E-state index >= 15 is 0 Å². The average Bonchev–Trinajstić information content (AvgIpc) is 2.47. The van der Waals surface area contributed by atoms with Crippen molar-refractivity contribution in [2.24, 2.45) is 5.92 Å². The van der Waals surface area contributed by atoms with Crippen LogP contribution in [0.4, 0.5) is 0 Å². The van der Waals surface area contributed by atoms with Gasteiger partial charge in [0.25, 0.3) is 0 Å². The lowest BCUT2D eigenvalue weighted by Gasteiger charge is -2.40. The van der Waals surface area contributed by atoms with Gasteiger partial charge in [0.1, 0.15) is 0 Å². The molecule has 118 valence electrons. The number of nitrogens with zero attached hydrogens (tertiary/aromatic N) is 1. The molecule has 21 heavy (non-hydrogen) atoms. The Hall–Kier alpha value is -0.860. The van der Waals surface area contributed by atoms with E-state index in [1.807, 2.05) is 0 Å². The first kappa shape index (κ1) is 16.5. The molecule has 2 atom stereocenters. The van der Waals surface area contributed by atoms with Gasteiger partial charge in [-0.2, -0.15) is 0 Å². The maximum absolute atomic E-state index is 3.64. The second-order valence-corrected chi connectivity index (χ2v) is 7.03. The van der Waals surface area contributed by atoms with Gasteiger partial charge in [-0.1, -0.05) is 44.2 Å². The summed E-state index contributed by atoms with van der Waals surface area (Å²) in [5, 5.41) is 3.64. The van der Waals surface area contributed by atoms with Gasteiger partial charge in [0, 0.05) is 25.2 Å². The van der Waals surface area contributed by atoms with E-state index in [-0.39, 0.29) is 0 Å². The molecule has 1 aliphatic heterocycles. The molecule has 0 radical (unpaired) electrons. The van der Waals surface area contributed by atoms with Crippen LogP contribution in [0.15, 0.2) is 30.3 Å². The van der Waals surface area contributed by atoms with E-state index in [4.69, 9.17) is 0 Å². The van der Waals surface area contributed by atoms with Crippen LogP contribution in [0, 0.1) is 5.92 Å². The highest BCUT2D eigenvalue weighted by Crippen LogP contribution is 2.16. The van der Waals surface area contributed by atoms with Crippen LogP contribution in [0.1, 0.15) is 45.6 Å². The molecule has 0 amide bonds. The third kappa shape index (κ3) is 5.80. The van der Waals surface area contributed by atoms with Crippen LogP contribution in [0.5, 0.6) is 0 Å². The largest absolute Gasteiger partial charge is 0.311 e. The van der Waals surface area contributed by atoms with Crippen LogP contribution in [0.25, 0.3) is 0 Å². The number of benzene rings is 1. The highest BCUT2D eigenvalue weighted by molar-refractivity contribution is 5.14. The summed E-state index contributed by atoms with van der Waals surface area (Å²) >= 11 is 0. The number of hydrogen-bond donors (Lipinski definition) is 1. The quantitative estimate of drug-likeness (QED) is 0.769. The fourth-order valence-electron chi connectivity index (χ4n) is 3.37. The summed E-state index contributed by atoms with van der Waals surface area (Å²) in [5.74, 6) is 0.789. The molecule has 0 aromatic heterocycles. The molecule has 1 aliphatic rings. The Morgan fingerprint density at radius 1 is 1.19 bits per heavy atom. The van der Waals surface area contributed by atoms with Crippen LogP contribution < -0.4 is 5.32 Å². The zero-order valence-electron chi connectivity index (χ0n) is 14.0. The zero-order valence-corrected chi connectivity index (χ0v) is 14.0. The van der Waals surface area contributed by atoms with E-state index in [0.717, 1.165) is 18.5 Å². The van der Waals surface area contributed by atoms with Gasteiger partial charge in [-0.25, -0.2) is 0 Å². The smallest absolute Gasteiger partial charge is 0.0223 e. The lowest BCUT2D eigenvalue weighted by Crippen LogP contribution is -2.55. The molecule has 1 N–H and O–H groups in total. The number of aryl methyl sites for hydroxylation is 1. The maximum atomic E-state index is 3.64. The maximum Gasteiger partial charge on any atom is 0.0223 e. The van der Waals surface area contributed by atoms with E-state index in [1.54, 1.807) is 0 Å². The lowest BCUT2D eigenvalue weighted by molar-refractivity contribution is 0.117. The van der Waals surface area contributed by atoms with Crippen molar-refractivity contribution in [3.05, 3.63) is 35.9 Å². The predicted molar refractivity (Wildman–Crippen MR) is 91.7 cm³/mol. The first-order chi connectivity index (χ1) is 10.1. The highest BCUT2D eigenvalue weighted by atomic mass is 15.2. The fourth-order valence-corrected chi connectivity index (χ4v) is 3.37. The molecule has 1 heterocycles. The predicted octanol–water partition coefficient (Wildman–Crippen LogP) is 3.72. The monoisotopic (exact) mass is 288 g/mol. The number of rotatable bonds is 7. The third-order valence-corrected chi connectivity index (χ3v) is 4.47. The van der Waals surface area contributed by atoms with Crippen molar-refractivity contribution in [3.8, 4) is 0 Å². The Bertz CT molecular complexity index is 388. The summed E-state index contributed by atoms with van der Waals surface area (Å²) in [6, 6.07) is 12.3. The molecule has 2 heteroatoms. The van der Waals surface area contributed by atoms with Gasteiger partial charge < -0.3 is 5.32 Å². The average molecular weight is 288 g/mol. The van der Waals surface area contributed by atoms with Crippen molar-refractivity contribution >= 4 is 0 Å². The third-order valence-electron chi connectivity index (χ3n) is 4.47. The van der Waals surface area contributed by atoms with Crippen LogP contribution in [0.3, 0.4) is 0 Å².